The minimum Gasteiger partial charge on any atom is -0.325 e. The number of anilines is 1. The van der Waals surface area contributed by atoms with Crippen molar-refractivity contribution in [2.75, 3.05) is 5.32 Å². The van der Waals surface area contributed by atoms with Gasteiger partial charge in [-0.2, -0.15) is 5.10 Å². The molecule has 0 bridgehead atoms. The Balaban J connectivity index is 1.65. The predicted octanol–water partition coefficient (Wildman–Crippen LogP) is 4.44. The Morgan fingerprint density at radius 2 is 1.88 bits per heavy atom. The highest BCUT2D eigenvalue weighted by atomic mass is 35.5. The molecule has 4 rings (SSSR count). The molecule has 0 radical (unpaired) electrons. The van der Waals surface area contributed by atoms with E-state index in [1.165, 1.54) is 0 Å². The second-order valence-corrected chi connectivity index (χ2v) is 6.80. The number of hydrogen-bond acceptors (Lipinski definition) is 2. The molecule has 5 heteroatoms. The molecule has 1 fully saturated rings. The van der Waals surface area contributed by atoms with E-state index in [0.717, 1.165) is 42.5 Å². The van der Waals surface area contributed by atoms with Gasteiger partial charge >= 0.3 is 0 Å². The molecule has 1 N–H and O–H groups in total. The first kappa shape index (κ1) is 15.2. The van der Waals surface area contributed by atoms with Gasteiger partial charge in [-0.05, 0) is 48.7 Å². The number of pyridine rings is 1. The number of carbonyl (C=O) groups is 1. The Morgan fingerprint density at radius 3 is 2.62 bits per heavy atom. The van der Waals surface area contributed by atoms with E-state index < -0.39 is 5.41 Å². The molecule has 1 aliphatic carbocycles. The molecule has 24 heavy (non-hydrogen) atoms. The fourth-order valence-corrected chi connectivity index (χ4v) is 3.77. The zero-order valence-electron chi connectivity index (χ0n) is 13.2. The van der Waals surface area contributed by atoms with Crippen LogP contribution in [0.4, 0.5) is 5.69 Å². The normalized spacial score (nSPS) is 16.4. The van der Waals surface area contributed by atoms with Gasteiger partial charge in [-0.3, -0.25) is 4.79 Å². The number of nitrogens with zero attached hydrogens (tertiary/aromatic N) is 2. The smallest absolute Gasteiger partial charge is 0.235 e. The molecule has 0 atom stereocenters. The average Bonchev–Trinajstić information content (AvgIpc) is 3.25. The van der Waals surface area contributed by atoms with Crippen molar-refractivity contribution in [1.29, 1.82) is 0 Å². The number of benzene rings is 1. The van der Waals surface area contributed by atoms with Crippen LogP contribution in [0, 0.1) is 0 Å². The number of hydrogen-bond donors (Lipinski definition) is 1. The van der Waals surface area contributed by atoms with Crippen LogP contribution in [0.5, 0.6) is 0 Å². The van der Waals surface area contributed by atoms with Crippen LogP contribution < -0.4 is 5.32 Å². The third-order valence-corrected chi connectivity index (χ3v) is 5.20. The van der Waals surface area contributed by atoms with Crippen LogP contribution in [0.25, 0.3) is 5.52 Å². The lowest BCUT2D eigenvalue weighted by Gasteiger charge is -2.28. The van der Waals surface area contributed by atoms with Crippen molar-refractivity contribution in [2.24, 2.45) is 0 Å². The number of nitrogens with one attached hydrogen (secondary N) is 1. The van der Waals surface area contributed by atoms with E-state index in [-0.39, 0.29) is 5.91 Å². The van der Waals surface area contributed by atoms with E-state index in [0.29, 0.717) is 5.02 Å². The molecule has 1 aromatic carbocycles. The Hall–Kier alpha value is -2.33. The van der Waals surface area contributed by atoms with Gasteiger partial charge in [0.15, 0.2) is 0 Å². The molecule has 4 nitrogen and oxygen atoms in total. The summed E-state index contributed by atoms with van der Waals surface area (Å²) in [6.07, 6.45) is 7.47. The molecule has 3 aromatic rings. The van der Waals surface area contributed by atoms with Crippen LogP contribution in [-0.4, -0.2) is 15.5 Å². The van der Waals surface area contributed by atoms with Crippen molar-refractivity contribution in [2.45, 2.75) is 31.1 Å². The van der Waals surface area contributed by atoms with Gasteiger partial charge in [-0.25, -0.2) is 4.52 Å². The summed E-state index contributed by atoms with van der Waals surface area (Å²) in [5.74, 6) is 0.0613. The summed E-state index contributed by atoms with van der Waals surface area (Å²) in [5, 5.41) is 7.98. The molecule has 1 aliphatic rings. The maximum absolute atomic E-state index is 13.1. The molecule has 1 saturated carbocycles. The zero-order valence-corrected chi connectivity index (χ0v) is 14.0. The van der Waals surface area contributed by atoms with Crippen LogP contribution >= 0.6 is 11.6 Å². The summed E-state index contributed by atoms with van der Waals surface area (Å²) in [6, 6.07) is 13.4. The lowest BCUT2D eigenvalue weighted by atomic mass is 9.78. The monoisotopic (exact) mass is 339 g/mol. The van der Waals surface area contributed by atoms with Gasteiger partial charge in [0.25, 0.3) is 0 Å². The SMILES string of the molecule is O=C(Nc1ccn2nccc2c1)C1(c2ccc(Cl)cc2)CCCC1. The van der Waals surface area contributed by atoms with Crippen molar-refractivity contribution in [3.05, 3.63) is 65.4 Å². The van der Waals surface area contributed by atoms with Crippen LogP contribution in [0.1, 0.15) is 31.2 Å². The molecular weight excluding hydrogens is 322 g/mol. The Labute approximate surface area is 145 Å². The number of aromatic nitrogens is 2. The molecule has 2 aromatic heterocycles. The van der Waals surface area contributed by atoms with E-state index >= 15 is 0 Å². The number of amides is 1. The minimum absolute atomic E-state index is 0.0613. The predicted molar refractivity (Wildman–Crippen MR) is 95.4 cm³/mol. The molecule has 0 spiro atoms. The van der Waals surface area contributed by atoms with Gasteiger partial charge in [-0.15, -0.1) is 0 Å². The molecule has 0 saturated heterocycles. The quantitative estimate of drug-likeness (QED) is 0.766. The Kier molecular flexibility index (Phi) is 3.77. The van der Waals surface area contributed by atoms with E-state index in [1.807, 2.05) is 48.7 Å². The summed E-state index contributed by atoms with van der Waals surface area (Å²) in [5.41, 5.74) is 2.34. The van der Waals surface area contributed by atoms with Gasteiger partial charge in [0.2, 0.25) is 5.91 Å². The molecule has 0 aliphatic heterocycles. The summed E-state index contributed by atoms with van der Waals surface area (Å²) in [4.78, 5) is 13.1. The summed E-state index contributed by atoms with van der Waals surface area (Å²) < 4.78 is 1.78. The third kappa shape index (κ3) is 2.57. The summed E-state index contributed by atoms with van der Waals surface area (Å²) >= 11 is 6.01. The van der Waals surface area contributed by atoms with Crippen LogP contribution in [0.2, 0.25) is 5.02 Å². The van der Waals surface area contributed by atoms with Crippen LogP contribution in [0.3, 0.4) is 0 Å². The lowest BCUT2D eigenvalue weighted by molar-refractivity contribution is -0.121. The summed E-state index contributed by atoms with van der Waals surface area (Å²) in [6.45, 7) is 0. The van der Waals surface area contributed by atoms with Crippen molar-refractivity contribution in [3.63, 3.8) is 0 Å². The Bertz CT molecular complexity index is 879. The van der Waals surface area contributed by atoms with Gasteiger partial charge in [0.05, 0.1) is 10.9 Å². The van der Waals surface area contributed by atoms with Crippen molar-refractivity contribution < 1.29 is 4.79 Å². The average molecular weight is 340 g/mol. The van der Waals surface area contributed by atoms with Crippen molar-refractivity contribution in [3.8, 4) is 0 Å². The maximum atomic E-state index is 13.1. The topological polar surface area (TPSA) is 46.4 Å². The fourth-order valence-electron chi connectivity index (χ4n) is 3.64. The highest BCUT2D eigenvalue weighted by molar-refractivity contribution is 6.30. The second-order valence-electron chi connectivity index (χ2n) is 6.37. The number of rotatable bonds is 3. The summed E-state index contributed by atoms with van der Waals surface area (Å²) in [7, 11) is 0. The second kappa shape index (κ2) is 5.95. The third-order valence-electron chi connectivity index (χ3n) is 4.95. The minimum atomic E-state index is -0.461. The largest absolute Gasteiger partial charge is 0.325 e. The fraction of sp³-hybridized carbons (Fsp3) is 0.263. The highest BCUT2D eigenvalue weighted by Gasteiger charge is 2.42. The van der Waals surface area contributed by atoms with E-state index in [4.69, 9.17) is 11.6 Å². The van der Waals surface area contributed by atoms with Crippen LogP contribution in [-0.2, 0) is 10.2 Å². The van der Waals surface area contributed by atoms with E-state index in [9.17, 15) is 4.79 Å². The van der Waals surface area contributed by atoms with Gasteiger partial charge in [-0.1, -0.05) is 36.6 Å². The van der Waals surface area contributed by atoms with E-state index in [2.05, 4.69) is 10.4 Å². The van der Waals surface area contributed by atoms with E-state index in [1.54, 1.807) is 10.7 Å². The lowest BCUT2D eigenvalue weighted by Crippen LogP contribution is -2.38. The van der Waals surface area contributed by atoms with Gasteiger partial charge < -0.3 is 5.32 Å². The molecule has 122 valence electrons. The van der Waals surface area contributed by atoms with Crippen LogP contribution in [0.15, 0.2) is 54.9 Å². The number of halogens is 1. The molecule has 0 unspecified atom stereocenters. The first-order valence-corrected chi connectivity index (χ1v) is 8.56. The highest BCUT2D eigenvalue weighted by Crippen LogP contribution is 2.42. The van der Waals surface area contributed by atoms with Crippen molar-refractivity contribution >= 4 is 28.7 Å². The first-order valence-electron chi connectivity index (χ1n) is 8.18. The Morgan fingerprint density at radius 1 is 1.12 bits per heavy atom. The van der Waals surface area contributed by atoms with Crippen molar-refractivity contribution in [1.82, 2.24) is 9.61 Å². The van der Waals surface area contributed by atoms with Gasteiger partial charge in [0, 0.05) is 23.1 Å². The van der Waals surface area contributed by atoms with Gasteiger partial charge in [0.1, 0.15) is 0 Å². The first-order chi connectivity index (χ1) is 11.7. The maximum Gasteiger partial charge on any atom is 0.235 e. The molecule has 2 heterocycles. The molecule has 1 amide bonds. The number of carbonyl (C=O) groups excluding carboxylic acids is 1. The number of fused-ring (bicyclic) bond motifs is 1. The standard InChI is InChI=1S/C19H18ClN3O/c20-15-5-3-14(4-6-15)19(9-1-2-10-19)18(24)22-16-8-12-23-17(13-16)7-11-21-23/h3-8,11-13H,1-2,9-10H2,(H,22,24). The zero-order chi connectivity index (χ0) is 16.6. The molecular formula is C19H18ClN3O.